The van der Waals surface area contributed by atoms with E-state index in [1.54, 1.807) is 24.3 Å². The number of nitrogens with one attached hydrogen (secondary N) is 1. The van der Waals surface area contributed by atoms with Crippen LogP contribution in [0.15, 0.2) is 53.1 Å². The highest BCUT2D eigenvalue weighted by Crippen LogP contribution is 2.40. The number of fused-ring (bicyclic) bond motifs is 2. The van der Waals surface area contributed by atoms with Crippen molar-refractivity contribution in [3.05, 3.63) is 60.0 Å². The molecule has 1 aliphatic rings. The lowest BCUT2D eigenvalue weighted by molar-refractivity contribution is 0.273. The molecule has 5 nitrogen and oxygen atoms in total. The van der Waals surface area contributed by atoms with Crippen LogP contribution in [0.4, 0.5) is 14.8 Å². The molecule has 0 radical (unpaired) electrons. The molecule has 0 amide bonds. The standard InChI is InChI=1S/C27H29F2N3O2/c1-17(31-27-32-25-9-7-21(33-13-11-28)16-26(25)34-27)14-18-2-4-19(5-3-18)22-10-12-30-24-8-6-20(29)15-23(22)24/h6-10,12,15-19H,2-5,11,13-14H2,1H3,(H,31,32)/t17?,18-,19+. The van der Waals surface area contributed by atoms with Gasteiger partial charge in [-0.15, -0.1) is 0 Å². The Kier molecular flexibility index (Phi) is 6.61. The predicted octanol–water partition coefficient (Wildman–Crippen LogP) is 7.03. The van der Waals surface area contributed by atoms with Gasteiger partial charge in [0.2, 0.25) is 0 Å². The number of hydrogen-bond acceptors (Lipinski definition) is 5. The molecule has 1 saturated carbocycles. The van der Waals surface area contributed by atoms with Gasteiger partial charge in [-0.05, 0) is 92.8 Å². The summed E-state index contributed by atoms with van der Waals surface area (Å²) in [6, 6.07) is 12.9. The van der Waals surface area contributed by atoms with E-state index < -0.39 is 6.67 Å². The van der Waals surface area contributed by atoms with Crippen molar-refractivity contribution in [3.63, 3.8) is 0 Å². The summed E-state index contributed by atoms with van der Waals surface area (Å²) in [7, 11) is 0. The lowest BCUT2D eigenvalue weighted by Crippen LogP contribution is -2.23. The zero-order chi connectivity index (χ0) is 23.5. The first kappa shape index (κ1) is 22.6. The number of aromatic nitrogens is 2. The van der Waals surface area contributed by atoms with Gasteiger partial charge in [0.25, 0.3) is 6.01 Å². The van der Waals surface area contributed by atoms with Gasteiger partial charge in [-0.1, -0.05) is 0 Å². The molecule has 1 fully saturated rings. The van der Waals surface area contributed by atoms with Crippen molar-refractivity contribution in [3.8, 4) is 5.75 Å². The van der Waals surface area contributed by atoms with Gasteiger partial charge in [-0.2, -0.15) is 4.98 Å². The van der Waals surface area contributed by atoms with Crippen LogP contribution in [0.3, 0.4) is 0 Å². The van der Waals surface area contributed by atoms with Crippen molar-refractivity contribution in [1.29, 1.82) is 0 Å². The summed E-state index contributed by atoms with van der Waals surface area (Å²) in [5.41, 5.74) is 3.44. The molecular formula is C27H29F2N3O2. The van der Waals surface area contributed by atoms with Gasteiger partial charge in [-0.25, -0.2) is 8.78 Å². The van der Waals surface area contributed by atoms with Crippen LogP contribution in [0, 0.1) is 11.7 Å². The molecular weight excluding hydrogens is 436 g/mol. The van der Waals surface area contributed by atoms with E-state index in [-0.39, 0.29) is 18.5 Å². The second-order valence-electron chi connectivity index (χ2n) is 9.25. The third kappa shape index (κ3) is 4.98. The Balaban J connectivity index is 1.17. The average Bonchev–Trinajstić information content (AvgIpc) is 3.24. The molecule has 0 saturated heterocycles. The molecule has 1 aliphatic carbocycles. The second-order valence-corrected chi connectivity index (χ2v) is 9.25. The largest absolute Gasteiger partial charge is 0.491 e. The first-order valence-electron chi connectivity index (χ1n) is 12.0. The number of anilines is 1. The summed E-state index contributed by atoms with van der Waals surface area (Å²) >= 11 is 0. The number of ether oxygens (including phenoxy) is 1. The van der Waals surface area contributed by atoms with Crippen LogP contribution < -0.4 is 10.1 Å². The van der Waals surface area contributed by atoms with E-state index >= 15 is 0 Å². The maximum Gasteiger partial charge on any atom is 0.295 e. The molecule has 178 valence electrons. The second kappa shape index (κ2) is 9.95. The molecule has 2 aromatic carbocycles. The van der Waals surface area contributed by atoms with Crippen molar-refractivity contribution < 1.29 is 17.9 Å². The third-order valence-electron chi connectivity index (χ3n) is 6.79. The zero-order valence-electron chi connectivity index (χ0n) is 19.3. The summed E-state index contributed by atoms with van der Waals surface area (Å²) in [5, 5.41) is 4.33. The lowest BCUT2D eigenvalue weighted by atomic mass is 9.76. The predicted molar refractivity (Wildman–Crippen MR) is 130 cm³/mol. The Hall–Kier alpha value is -3.22. The Labute approximate surface area is 197 Å². The van der Waals surface area contributed by atoms with E-state index in [1.807, 2.05) is 12.3 Å². The van der Waals surface area contributed by atoms with Gasteiger partial charge >= 0.3 is 0 Å². The molecule has 0 aliphatic heterocycles. The number of oxazole rings is 1. The lowest BCUT2D eigenvalue weighted by Gasteiger charge is -2.31. The smallest absolute Gasteiger partial charge is 0.295 e. The Morgan fingerprint density at radius 3 is 2.74 bits per heavy atom. The summed E-state index contributed by atoms with van der Waals surface area (Å²) in [6.45, 7) is 1.65. The van der Waals surface area contributed by atoms with E-state index in [4.69, 9.17) is 9.15 Å². The van der Waals surface area contributed by atoms with E-state index in [0.29, 0.717) is 29.2 Å². The van der Waals surface area contributed by atoms with Gasteiger partial charge in [0, 0.05) is 23.7 Å². The number of pyridine rings is 1. The van der Waals surface area contributed by atoms with Gasteiger partial charge in [0.05, 0.1) is 5.52 Å². The third-order valence-corrected chi connectivity index (χ3v) is 6.79. The maximum absolute atomic E-state index is 13.8. The molecule has 2 aromatic heterocycles. The fourth-order valence-corrected chi connectivity index (χ4v) is 5.19. The highest BCUT2D eigenvalue weighted by molar-refractivity contribution is 5.82. The van der Waals surface area contributed by atoms with Crippen LogP contribution >= 0.6 is 0 Å². The van der Waals surface area contributed by atoms with Crippen molar-refractivity contribution in [1.82, 2.24) is 9.97 Å². The minimum absolute atomic E-state index is 0.0261. The van der Waals surface area contributed by atoms with Gasteiger partial charge in [-0.3, -0.25) is 4.98 Å². The topological polar surface area (TPSA) is 60.2 Å². The molecule has 4 aromatic rings. The van der Waals surface area contributed by atoms with Crippen LogP contribution in [0.2, 0.25) is 0 Å². The molecule has 2 heterocycles. The van der Waals surface area contributed by atoms with E-state index in [9.17, 15) is 8.78 Å². The Bertz CT molecular complexity index is 1270. The number of alkyl halides is 1. The Morgan fingerprint density at radius 2 is 1.91 bits per heavy atom. The zero-order valence-corrected chi connectivity index (χ0v) is 19.3. The summed E-state index contributed by atoms with van der Waals surface area (Å²) in [6.07, 6.45) is 7.33. The number of hydrogen-bond donors (Lipinski definition) is 1. The highest BCUT2D eigenvalue weighted by atomic mass is 19.1. The normalized spacial score (nSPS) is 19.4. The molecule has 5 rings (SSSR count). The molecule has 1 N–H and O–H groups in total. The molecule has 1 atom stereocenters. The minimum Gasteiger partial charge on any atom is -0.491 e. The average molecular weight is 466 g/mol. The first-order chi connectivity index (χ1) is 16.6. The molecule has 7 heteroatoms. The van der Waals surface area contributed by atoms with Crippen LogP contribution in [0.25, 0.3) is 22.0 Å². The van der Waals surface area contributed by atoms with E-state index in [1.165, 1.54) is 11.6 Å². The van der Waals surface area contributed by atoms with Crippen molar-refractivity contribution in [2.45, 2.75) is 51.0 Å². The van der Waals surface area contributed by atoms with Gasteiger partial charge < -0.3 is 14.5 Å². The van der Waals surface area contributed by atoms with Gasteiger partial charge in [0.1, 0.15) is 30.4 Å². The van der Waals surface area contributed by atoms with Crippen molar-refractivity contribution in [2.75, 3.05) is 18.6 Å². The van der Waals surface area contributed by atoms with Crippen LogP contribution in [0.5, 0.6) is 5.75 Å². The van der Waals surface area contributed by atoms with Crippen LogP contribution in [-0.4, -0.2) is 29.3 Å². The number of halogens is 2. The Morgan fingerprint density at radius 1 is 1.09 bits per heavy atom. The molecule has 0 bridgehead atoms. The monoisotopic (exact) mass is 465 g/mol. The quantitative estimate of drug-likeness (QED) is 0.303. The van der Waals surface area contributed by atoms with Crippen LogP contribution in [0.1, 0.15) is 50.5 Å². The molecule has 0 spiro atoms. The highest BCUT2D eigenvalue weighted by Gasteiger charge is 2.25. The first-order valence-corrected chi connectivity index (χ1v) is 12.0. The number of nitrogens with zero attached hydrogens (tertiary/aromatic N) is 2. The fourth-order valence-electron chi connectivity index (χ4n) is 5.19. The number of benzene rings is 2. The maximum atomic E-state index is 13.8. The van der Waals surface area contributed by atoms with Crippen molar-refractivity contribution >= 4 is 28.0 Å². The van der Waals surface area contributed by atoms with Crippen molar-refractivity contribution in [2.24, 2.45) is 5.92 Å². The summed E-state index contributed by atoms with van der Waals surface area (Å²) in [4.78, 5) is 8.90. The van der Waals surface area contributed by atoms with Gasteiger partial charge in [0.15, 0.2) is 5.58 Å². The van der Waals surface area contributed by atoms with E-state index in [0.717, 1.165) is 48.5 Å². The SMILES string of the molecule is CC(C[C@H]1CC[C@@H](c2ccnc3ccc(F)cc32)CC1)Nc1nc2ccc(OCCF)cc2o1. The fraction of sp³-hybridized carbons (Fsp3) is 0.407. The summed E-state index contributed by atoms with van der Waals surface area (Å²) in [5.74, 6) is 1.42. The van der Waals surface area contributed by atoms with Crippen LogP contribution in [-0.2, 0) is 0 Å². The molecule has 34 heavy (non-hydrogen) atoms. The minimum atomic E-state index is -0.529. The van der Waals surface area contributed by atoms with E-state index in [2.05, 4.69) is 28.3 Å². The summed E-state index contributed by atoms with van der Waals surface area (Å²) < 4.78 is 37.3. The molecule has 1 unspecified atom stereocenters. The number of rotatable bonds is 8.